The van der Waals surface area contributed by atoms with Crippen molar-refractivity contribution >= 4 is 16.0 Å². The first-order valence-corrected chi connectivity index (χ1v) is 16.3. The summed E-state index contributed by atoms with van der Waals surface area (Å²) in [4.78, 5) is 13.0. The lowest BCUT2D eigenvalue weighted by atomic mass is 9.84. The van der Waals surface area contributed by atoms with Gasteiger partial charge >= 0.3 is 5.97 Å². The molecule has 40 heavy (non-hydrogen) atoms. The van der Waals surface area contributed by atoms with E-state index in [2.05, 4.69) is 5.32 Å². The molecule has 10 heteroatoms. The molecule has 1 saturated heterocycles. The minimum Gasteiger partial charge on any atom is -0.489 e. The van der Waals surface area contributed by atoms with Crippen LogP contribution in [0.2, 0.25) is 0 Å². The van der Waals surface area contributed by atoms with Crippen molar-refractivity contribution in [2.75, 3.05) is 13.1 Å². The first kappa shape index (κ1) is 31.2. The van der Waals surface area contributed by atoms with E-state index in [0.717, 1.165) is 44.2 Å². The molecule has 1 aromatic rings. The summed E-state index contributed by atoms with van der Waals surface area (Å²) in [5.74, 6) is -2.49. The zero-order chi connectivity index (χ0) is 29.1. The van der Waals surface area contributed by atoms with Gasteiger partial charge in [0.1, 0.15) is 28.4 Å². The van der Waals surface area contributed by atoms with Crippen molar-refractivity contribution in [2.24, 2.45) is 5.92 Å². The number of carbonyl (C=O) groups is 1. The molecule has 1 aliphatic heterocycles. The summed E-state index contributed by atoms with van der Waals surface area (Å²) in [6, 6.07) is 4.38. The number of hydrogen-bond acceptors (Lipinski definition) is 6. The lowest BCUT2D eigenvalue weighted by Crippen LogP contribution is -2.43. The Morgan fingerprint density at radius 1 is 1.07 bits per heavy atom. The van der Waals surface area contributed by atoms with Gasteiger partial charge in [0.2, 0.25) is 15.9 Å². The second-order valence-corrected chi connectivity index (χ2v) is 14.7. The third kappa shape index (κ3) is 7.94. The number of benzene rings is 1. The molecule has 1 heterocycles. The van der Waals surface area contributed by atoms with Crippen LogP contribution in [0.15, 0.2) is 23.1 Å². The molecule has 0 spiro atoms. The second kappa shape index (κ2) is 12.6. The average Bonchev–Trinajstić information content (AvgIpc) is 3.36. The van der Waals surface area contributed by atoms with E-state index >= 15 is 0 Å². The van der Waals surface area contributed by atoms with Crippen LogP contribution in [0.4, 0.5) is 8.78 Å². The molecule has 3 fully saturated rings. The Labute approximate surface area is 238 Å². The molecule has 1 N–H and O–H groups in total. The highest BCUT2D eigenvalue weighted by molar-refractivity contribution is 7.89. The molecular weight excluding hydrogens is 538 g/mol. The minimum atomic E-state index is -4.01. The number of esters is 1. The van der Waals surface area contributed by atoms with Gasteiger partial charge in [-0.3, -0.25) is 4.79 Å². The van der Waals surface area contributed by atoms with Crippen molar-refractivity contribution in [1.82, 2.24) is 9.62 Å². The molecule has 2 saturated carbocycles. The van der Waals surface area contributed by atoms with Crippen LogP contribution in [0, 0.1) is 12.8 Å². The van der Waals surface area contributed by atoms with Crippen molar-refractivity contribution in [3.8, 4) is 5.75 Å². The quantitative estimate of drug-likeness (QED) is 0.359. The number of nitrogens with zero attached hydrogens (tertiary/aromatic N) is 1. The van der Waals surface area contributed by atoms with E-state index in [-0.39, 0.29) is 42.3 Å². The second-order valence-electron chi connectivity index (χ2n) is 12.8. The fourth-order valence-electron chi connectivity index (χ4n) is 6.22. The molecule has 226 valence electrons. The first-order valence-electron chi connectivity index (χ1n) is 14.9. The van der Waals surface area contributed by atoms with Gasteiger partial charge in [-0.2, -0.15) is 4.31 Å². The van der Waals surface area contributed by atoms with E-state index in [1.807, 2.05) is 6.92 Å². The van der Waals surface area contributed by atoms with Crippen molar-refractivity contribution in [2.45, 2.75) is 133 Å². The molecule has 0 amide bonds. The number of hydrogen-bond donors (Lipinski definition) is 1. The molecule has 0 bridgehead atoms. The Morgan fingerprint density at radius 3 is 2.48 bits per heavy atom. The molecule has 7 nitrogen and oxygen atoms in total. The maximum absolute atomic E-state index is 13.9. The fraction of sp³-hybridized carbons (Fsp3) is 0.767. The van der Waals surface area contributed by atoms with E-state index in [9.17, 15) is 22.0 Å². The van der Waals surface area contributed by atoms with Crippen molar-refractivity contribution < 1.29 is 31.5 Å². The normalized spacial score (nSPS) is 26.5. The van der Waals surface area contributed by atoms with Gasteiger partial charge in [0.15, 0.2) is 0 Å². The van der Waals surface area contributed by atoms with E-state index in [0.29, 0.717) is 31.4 Å². The van der Waals surface area contributed by atoms with Gasteiger partial charge in [-0.15, -0.1) is 0 Å². The molecule has 3 atom stereocenters. The van der Waals surface area contributed by atoms with Crippen LogP contribution in [0.1, 0.15) is 97.0 Å². The van der Waals surface area contributed by atoms with Gasteiger partial charge in [-0.1, -0.05) is 12.5 Å². The zero-order valence-corrected chi connectivity index (χ0v) is 25.2. The first-order chi connectivity index (χ1) is 18.7. The molecule has 4 rings (SSSR count). The Kier molecular flexibility index (Phi) is 9.83. The van der Waals surface area contributed by atoms with Crippen LogP contribution in [0.3, 0.4) is 0 Å². The standard InChI is InChI=1S/C30H46F2N2O5S/c1-21-11-12-27(40(36,37)34-19-7-9-24(34)28(35)39-29(2,3)4)26(20-21)38-25-10-6-5-8-22(25)15-18-33-23-13-16-30(31,32)17-14-23/h11-12,20,22-25,33H,5-10,13-19H2,1-4H3/t22-,24-,25-/m0/s1. The van der Waals surface area contributed by atoms with Crippen molar-refractivity contribution in [3.05, 3.63) is 23.8 Å². The smallest absolute Gasteiger partial charge is 0.324 e. The van der Waals surface area contributed by atoms with Gasteiger partial charge in [0.05, 0.1) is 0 Å². The minimum absolute atomic E-state index is 0.0593. The molecule has 1 aromatic carbocycles. The SMILES string of the molecule is Cc1ccc(S(=O)(=O)N2CCC[C@H]2C(=O)OC(C)(C)C)c(O[C@H]2CCCC[C@H]2CCNC2CCC(F)(F)CC2)c1. The number of sulfonamides is 1. The van der Waals surface area contributed by atoms with Gasteiger partial charge < -0.3 is 14.8 Å². The predicted octanol–water partition coefficient (Wildman–Crippen LogP) is 5.99. The van der Waals surface area contributed by atoms with E-state index in [1.165, 1.54) is 4.31 Å². The topological polar surface area (TPSA) is 84.9 Å². The van der Waals surface area contributed by atoms with Crippen LogP contribution >= 0.6 is 0 Å². The highest BCUT2D eigenvalue weighted by Gasteiger charge is 2.43. The van der Waals surface area contributed by atoms with Crippen LogP contribution in [0.5, 0.6) is 5.75 Å². The summed E-state index contributed by atoms with van der Waals surface area (Å²) >= 11 is 0. The van der Waals surface area contributed by atoms with Crippen LogP contribution < -0.4 is 10.1 Å². The number of ether oxygens (including phenoxy) is 2. The summed E-state index contributed by atoms with van der Waals surface area (Å²) in [5.41, 5.74) is 0.183. The van der Waals surface area contributed by atoms with Crippen molar-refractivity contribution in [1.29, 1.82) is 0 Å². The largest absolute Gasteiger partial charge is 0.489 e. The van der Waals surface area contributed by atoms with Gasteiger partial charge in [0.25, 0.3) is 0 Å². The van der Waals surface area contributed by atoms with Gasteiger partial charge in [-0.05, 0) is 109 Å². The number of aryl methyl sites for hydroxylation is 1. The number of alkyl halides is 2. The molecule has 0 unspecified atom stereocenters. The molecule has 0 aromatic heterocycles. The molecule has 0 radical (unpaired) electrons. The maximum atomic E-state index is 13.9. The molecule has 3 aliphatic rings. The number of halogens is 2. The third-order valence-corrected chi connectivity index (χ3v) is 10.3. The van der Waals surface area contributed by atoms with E-state index in [1.54, 1.807) is 39.0 Å². The summed E-state index contributed by atoms with van der Waals surface area (Å²) in [6.07, 6.45) is 6.48. The fourth-order valence-corrected chi connectivity index (χ4v) is 7.97. The average molecular weight is 585 g/mol. The Morgan fingerprint density at radius 2 is 1.77 bits per heavy atom. The summed E-state index contributed by atoms with van der Waals surface area (Å²) < 4.78 is 68.2. The lowest BCUT2D eigenvalue weighted by molar-refractivity contribution is -0.158. The van der Waals surface area contributed by atoms with Crippen molar-refractivity contribution in [3.63, 3.8) is 0 Å². The summed E-state index contributed by atoms with van der Waals surface area (Å²) in [6.45, 7) is 8.20. The third-order valence-electron chi connectivity index (χ3n) is 8.35. The van der Waals surface area contributed by atoms with Crippen LogP contribution in [-0.2, 0) is 19.6 Å². The van der Waals surface area contributed by atoms with Gasteiger partial charge in [-0.25, -0.2) is 17.2 Å². The number of nitrogens with one attached hydrogen (secondary N) is 1. The Balaban J connectivity index is 1.46. The Bertz CT molecular complexity index is 1130. The predicted molar refractivity (Wildman–Crippen MR) is 150 cm³/mol. The molecular formula is C30H46F2N2O5S. The van der Waals surface area contributed by atoms with Crippen LogP contribution in [-0.4, -0.2) is 61.5 Å². The Hall–Kier alpha value is -1.78. The summed E-state index contributed by atoms with van der Waals surface area (Å²) in [7, 11) is -4.01. The van der Waals surface area contributed by atoms with Gasteiger partial charge in [0, 0.05) is 25.4 Å². The van der Waals surface area contributed by atoms with E-state index in [4.69, 9.17) is 9.47 Å². The highest BCUT2D eigenvalue weighted by atomic mass is 32.2. The highest BCUT2D eigenvalue weighted by Crippen LogP contribution is 2.37. The monoisotopic (exact) mass is 584 g/mol. The summed E-state index contributed by atoms with van der Waals surface area (Å²) in [5, 5.41) is 3.47. The zero-order valence-electron chi connectivity index (χ0n) is 24.4. The number of rotatable bonds is 9. The van der Waals surface area contributed by atoms with E-state index < -0.39 is 33.6 Å². The number of carbonyl (C=O) groups excluding carboxylic acids is 1. The molecule has 2 aliphatic carbocycles. The lowest BCUT2D eigenvalue weighted by Gasteiger charge is -2.34. The maximum Gasteiger partial charge on any atom is 0.324 e. The van der Waals surface area contributed by atoms with Crippen LogP contribution in [0.25, 0.3) is 0 Å².